The highest BCUT2D eigenvalue weighted by atomic mass is 32.2. The van der Waals surface area contributed by atoms with Crippen LogP contribution in [0.1, 0.15) is 11.1 Å². The molecule has 0 unspecified atom stereocenters. The molecule has 0 bridgehead atoms. The van der Waals surface area contributed by atoms with Gasteiger partial charge < -0.3 is 0 Å². The summed E-state index contributed by atoms with van der Waals surface area (Å²) in [4.78, 5) is 3.94. The van der Waals surface area contributed by atoms with Crippen LogP contribution in [0.15, 0.2) is 18.5 Å². The van der Waals surface area contributed by atoms with Gasteiger partial charge in [0.05, 0.1) is 5.56 Å². The van der Waals surface area contributed by atoms with E-state index in [-0.39, 0.29) is 0 Å². The number of thioether (sulfide) groups is 1. The maximum Gasteiger partial charge on any atom is 0.101 e. The van der Waals surface area contributed by atoms with Gasteiger partial charge in [0.25, 0.3) is 0 Å². The van der Waals surface area contributed by atoms with E-state index in [2.05, 4.69) is 11.1 Å². The third-order valence-corrected chi connectivity index (χ3v) is 1.86. The number of nitrogens with zero attached hydrogens (tertiary/aromatic N) is 2. The summed E-state index contributed by atoms with van der Waals surface area (Å²) in [6, 6.07) is 3.92. The van der Waals surface area contributed by atoms with Crippen molar-refractivity contribution >= 4 is 11.8 Å². The van der Waals surface area contributed by atoms with E-state index in [0.29, 0.717) is 5.56 Å². The van der Waals surface area contributed by atoms with Gasteiger partial charge in [-0.25, -0.2) is 0 Å². The summed E-state index contributed by atoms with van der Waals surface area (Å²) in [6.07, 6.45) is 5.39. The summed E-state index contributed by atoms with van der Waals surface area (Å²) < 4.78 is 0. The van der Waals surface area contributed by atoms with Crippen LogP contribution in [0.4, 0.5) is 0 Å². The smallest absolute Gasteiger partial charge is 0.101 e. The fraction of sp³-hybridized carbons (Fsp3) is 0.250. The summed E-state index contributed by atoms with van der Waals surface area (Å²) >= 11 is 1.72. The first kappa shape index (κ1) is 8.09. The Morgan fingerprint density at radius 1 is 1.64 bits per heavy atom. The maximum atomic E-state index is 8.53. The van der Waals surface area contributed by atoms with E-state index in [0.717, 1.165) is 11.3 Å². The predicted octanol–water partition coefficient (Wildman–Crippen LogP) is 1.82. The van der Waals surface area contributed by atoms with Crippen LogP contribution in [0, 0.1) is 11.3 Å². The topological polar surface area (TPSA) is 36.7 Å². The number of hydrogen-bond donors (Lipinski definition) is 0. The van der Waals surface area contributed by atoms with E-state index in [1.165, 1.54) is 0 Å². The number of hydrogen-bond acceptors (Lipinski definition) is 3. The molecular weight excluding hydrogens is 156 g/mol. The first-order valence-electron chi connectivity index (χ1n) is 3.20. The molecule has 1 heterocycles. The van der Waals surface area contributed by atoms with E-state index in [1.54, 1.807) is 24.2 Å². The molecule has 0 aromatic carbocycles. The van der Waals surface area contributed by atoms with Crippen molar-refractivity contribution in [3.05, 3.63) is 29.6 Å². The van der Waals surface area contributed by atoms with Crippen molar-refractivity contribution < 1.29 is 0 Å². The fourth-order valence-electron chi connectivity index (χ4n) is 0.794. The van der Waals surface area contributed by atoms with E-state index >= 15 is 0 Å². The van der Waals surface area contributed by atoms with Crippen molar-refractivity contribution in [2.75, 3.05) is 6.26 Å². The summed E-state index contributed by atoms with van der Waals surface area (Å²) in [5.74, 6) is 0.919. The standard InChI is InChI=1S/C8H8N2S/c1-11-6-8-2-7(3-9)4-10-5-8/h2,4-5H,6H2,1H3. The molecule has 11 heavy (non-hydrogen) atoms. The van der Waals surface area contributed by atoms with Gasteiger partial charge >= 0.3 is 0 Å². The Bertz CT molecular complexity index is 278. The molecule has 0 aliphatic rings. The first-order valence-corrected chi connectivity index (χ1v) is 4.59. The predicted molar refractivity (Wildman–Crippen MR) is 46.2 cm³/mol. The van der Waals surface area contributed by atoms with Crippen LogP contribution in [0.5, 0.6) is 0 Å². The maximum absolute atomic E-state index is 8.53. The van der Waals surface area contributed by atoms with Crippen LogP contribution >= 0.6 is 11.8 Å². The SMILES string of the molecule is CSCc1cncc(C#N)c1. The Kier molecular flexibility index (Phi) is 2.94. The molecule has 0 fully saturated rings. The summed E-state index contributed by atoms with van der Waals surface area (Å²) in [6.45, 7) is 0. The fourth-order valence-corrected chi connectivity index (χ4v) is 1.29. The van der Waals surface area contributed by atoms with Gasteiger partial charge in [-0.2, -0.15) is 17.0 Å². The molecule has 0 spiro atoms. The number of rotatable bonds is 2. The highest BCUT2D eigenvalue weighted by Crippen LogP contribution is 2.08. The van der Waals surface area contributed by atoms with Gasteiger partial charge in [-0.1, -0.05) is 0 Å². The molecule has 0 N–H and O–H groups in total. The third kappa shape index (κ3) is 2.24. The molecular formula is C8H8N2S. The normalized spacial score (nSPS) is 9.09. The lowest BCUT2D eigenvalue weighted by Crippen LogP contribution is -1.84. The molecule has 56 valence electrons. The zero-order chi connectivity index (χ0) is 8.10. The Balaban J connectivity index is 2.85. The zero-order valence-corrected chi connectivity index (χ0v) is 7.06. The van der Waals surface area contributed by atoms with E-state index in [4.69, 9.17) is 5.26 Å². The highest BCUT2D eigenvalue weighted by Gasteiger charge is 1.93. The Labute approximate surface area is 70.3 Å². The van der Waals surface area contributed by atoms with Crippen molar-refractivity contribution in [1.82, 2.24) is 4.98 Å². The van der Waals surface area contributed by atoms with Crippen LogP contribution < -0.4 is 0 Å². The van der Waals surface area contributed by atoms with Gasteiger partial charge in [-0.05, 0) is 17.9 Å². The van der Waals surface area contributed by atoms with Gasteiger partial charge in [0, 0.05) is 18.1 Å². The van der Waals surface area contributed by atoms with Crippen molar-refractivity contribution in [2.45, 2.75) is 5.75 Å². The number of pyridine rings is 1. The molecule has 0 atom stereocenters. The van der Waals surface area contributed by atoms with Gasteiger partial charge in [0.1, 0.15) is 6.07 Å². The van der Waals surface area contributed by atoms with Crippen molar-refractivity contribution in [3.8, 4) is 6.07 Å². The van der Waals surface area contributed by atoms with Crippen LogP contribution in [0.2, 0.25) is 0 Å². The minimum absolute atomic E-state index is 0.636. The van der Waals surface area contributed by atoms with Gasteiger partial charge in [-0.15, -0.1) is 0 Å². The van der Waals surface area contributed by atoms with Crippen LogP contribution in [-0.2, 0) is 5.75 Å². The van der Waals surface area contributed by atoms with Crippen LogP contribution in [0.25, 0.3) is 0 Å². The Morgan fingerprint density at radius 2 is 2.45 bits per heavy atom. The summed E-state index contributed by atoms with van der Waals surface area (Å²) in [5, 5.41) is 8.53. The molecule has 1 aromatic heterocycles. The third-order valence-electron chi connectivity index (χ3n) is 1.23. The minimum atomic E-state index is 0.636. The van der Waals surface area contributed by atoms with Gasteiger partial charge in [0.2, 0.25) is 0 Å². The molecule has 2 nitrogen and oxygen atoms in total. The van der Waals surface area contributed by atoms with Crippen molar-refractivity contribution in [2.24, 2.45) is 0 Å². The summed E-state index contributed by atoms with van der Waals surface area (Å²) in [5.41, 5.74) is 1.74. The molecule has 0 amide bonds. The lowest BCUT2D eigenvalue weighted by Gasteiger charge is -1.95. The monoisotopic (exact) mass is 164 g/mol. The van der Waals surface area contributed by atoms with Crippen LogP contribution in [0.3, 0.4) is 0 Å². The van der Waals surface area contributed by atoms with E-state index in [9.17, 15) is 0 Å². The van der Waals surface area contributed by atoms with Crippen LogP contribution in [-0.4, -0.2) is 11.2 Å². The van der Waals surface area contributed by atoms with Gasteiger partial charge in [-0.3, -0.25) is 4.98 Å². The molecule has 3 heteroatoms. The quantitative estimate of drug-likeness (QED) is 0.669. The Morgan fingerprint density at radius 3 is 3.09 bits per heavy atom. The first-order chi connectivity index (χ1) is 5.36. The average molecular weight is 164 g/mol. The molecule has 0 radical (unpaired) electrons. The lowest BCUT2D eigenvalue weighted by molar-refractivity contribution is 1.23. The molecule has 1 rings (SSSR count). The van der Waals surface area contributed by atoms with Crippen molar-refractivity contribution in [1.29, 1.82) is 5.26 Å². The largest absolute Gasteiger partial charge is 0.263 e. The Hall–Kier alpha value is -1.01. The van der Waals surface area contributed by atoms with E-state index in [1.807, 2.05) is 12.3 Å². The number of nitriles is 1. The van der Waals surface area contributed by atoms with Crippen molar-refractivity contribution in [3.63, 3.8) is 0 Å². The molecule has 0 saturated carbocycles. The average Bonchev–Trinajstić information content (AvgIpc) is 2.06. The lowest BCUT2D eigenvalue weighted by atomic mass is 10.2. The highest BCUT2D eigenvalue weighted by molar-refractivity contribution is 7.97. The van der Waals surface area contributed by atoms with Gasteiger partial charge in [0.15, 0.2) is 0 Å². The molecule has 0 aliphatic carbocycles. The number of aromatic nitrogens is 1. The second-order valence-corrected chi connectivity index (χ2v) is 2.99. The molecule has 1 aromatic rings. The second-order valence-electron chi connectivity index (χ2n) is 2.13. The molecule has 0 aliphatic heterocycles. The van der Waals surface area contributed by atoms with E-state index < -0.39 is 0 Å². The zero-order valence-electron chi connectivity index (χ0n) is 6.24. The molecule has 0 saturated heterocycles. The summed E-state index contributed by atoms with van der Waals surface area (Å²) in [7, 11) is 0. The minimum Gasteiger partial charge on any atom is -0.263 e. The second kappa shape index (κ2) is 3.99.